The number of Topliss-reactive ketones (excluding diaryl/α,β-unsaturated/α-hetero) is 1. The molecule has 2 heteroatoms. The van der Waals surface area contributed by atoms with Crippen molar-refractivity contribution in [2.45, 2.75) is 72.6 Å². The number of rotatable bonds is 4. The molecule has 0 fully saturated rings. The van der Waals surface area contributed by atoms with E-state index in [9.17, 15) is 4.79 Å². The molecule has 0 unspecified atom stereocenters. The van der Waals surface area contributed by atoms with Gasteiger partial charge < -0.3 is 4.74 Å². The van der Waals surface area contributed by atoms with Crippen LogP contribution in [0.2, 0.25) is 0 Å². The lowest BCUT2D eigenvalue weighted by molar-refractivity contribution is 0.101. The van der Waals surface area contributed by atoms with E-state index in [-0.39, 0.29) is 16.6 Å². The van der Waals surface area contributed by atoms with Crippen LogP contribution in [0.25, 0.3) is 0 Å². The highest BCUT2D eigenvalue weighted by atomic mass is 16.5. The van der Waals surface area contributed by atoms with Gasteiger partial charge in [0.15, 0.2) is 5.78 Å². The Balaban J connectivity index is 3.65. The van der Waals surface area contributed by atoms with Crippen molar-refractivity contribution in [2.24, 2.45) is 0 Å². The molecule has 0 atom stereocenters. The van der Waals surface area contributed by atoms with Crippen molar-refractivity contribution < 1.29 is 9.53 Å². The topological polar surface area (TPSA) is 26.3 Å². The van der Waals surface area contributed by atoms with Crippen molar-refractivity contribution in [3.05, 3.63) is 28.8 Å². The largest absolute Gasteiger partial charge is 0.493 e. The molecule has 1 aromatic rings. The van der Waals surface area contributed by atoms with Crippen LogP contribution in [-0.4, -0.2) is 12.4 Å². The molecule has 1 aromatic carbocycles. The van der Waals surface area contributed by atoms with Gasteiger partial charge in [-0.1, -0.05) is 48.5 Å². The first-order valence-electron chi connectivity index (χ1n) is 7.81. The van der Waals surface area contributed by atoms with E-state index >= 15 is 0 Å². The molecule has 0 spiro atoms. The Hall–Kier alpha value is -1.31. The summed E-state index contributed by atoms with van der Waals surface area (Å²) >= 11 is 0. The molecule has 1 rings (SSSR count). The van der Waals surface area contributed by atoms with Crippen LogP contribution >= 0.6 is 0 Å². The van der Waals surface area contributed by atoms with E-state index in [0.29, 0.717) is 6.61 Å². The molecule has 21 heavy (non-hydrogen) atoms. The number of hydrogen-bond acceptors (Lipinski definition) is 2. The van der Waals surface area contributed by atoms with E-state index in [1.165, 1.54) is 0 Å². The van der Waals surface area contributed by atoms with Crippen LogP contribution in [0, 0.1) is 0 Å². The van der Waals surface area contributed by atoms with E-state index in [1.54, 1.807) is 6.92 Å². The van der Waals surface area contributed by atoms with Crippen LogP contribution < -0.4 is 4.74 Å². The average Bonchev–Trinajstić information content (AvgIpc) is 2.32. The van der Waals surface area contributed by atoms with Crippen molar-refractivity contribution in [3.8, 4) is 5.75 Å². The molecule has 0 saturated heterocycles. The summed E-state index contributed by atoms with van der Waals surface area (Å²) in [5, 5.41) is 0. The molecule has 0 radical (unpaired) electrons. The highest BCUT2D eigenvalue weighted by Gasteiger charge is 2.28. The summed E-state index contributed by atoms with van der Waals surface area (Å²) in [6.07, 6.45) is 0.974. The molecule has 0 saturated carbocycles. The summed E-state index contributed by atoms with van der Waals surface area (Å²) in [6.45, 7) is 17.4. The van der Waals surface area contributed by atoms with Crippen molar-refractivity contribution >= 4 is 5.78 Å². The summed E-state index contributed by atoms with van der Waals surface area (Å²) in [4.78, 5) is 11.9. The second-order valence-corrected chi connectivity index (χ2v) is 7.81. The van der Waals surface area contributed by atoms with E-state index in [4.69, 9.17) is 4.74 Å². The van der Waals surface area contributed by atoms with Gasteiger partial charge in [-0.2, -0.15) is 0 Å². The molecule has 0 aliphatic rings. The van der Waals surface area contributed by atoms with Gasteiger partial charge in [-0.15, -0.1) is 0 Å². The Kier molecular flexibility index (Phi) is 5.25. The van der Waals surface area contributed by atoms with Crippen molar-refractivity contribution in [2.75, 3.05) is 6.61 Å². The second kappa shape index (κ2) is 6.21. The molecular formula is C19H30O2. The van der Waals surface area contributed by atoms with Gasteiger partial charge in [-0.25, -0.2) is 0 Å². The zero-order valence-corrected chi connectivity index (χ0v) is 14.9. The number of carbonyl (C=O) groups is 1. The zero-order valence-electron chi connectivity index (χ0n) is 14.9. The number of ether oxygens (including phenoxy) is 1. The monoisotopic (exact) mass is 290 g/mol. The first-order valence-corrected chi connectivity index (χ1v) is 7.81. The Morgan fingerprint density at radius 3 is 1.71 bits per heavy atom. The SMILES string of the molecule is CCCOc1c(C(C)(C)C)cc(C(C)=O)cc1C(C)(C)C. The van der Waals surface area contributed by atoms with Gasteiger partial charge in [-0.3, -0.25) is 4.79 Å². The third-order valence-corrected chi connectivity index (χ3v) is 3.56. The average molecular weight is 290 g/mol. The molecule has 118 valence electrons. The van der Waals surface area contributed by atoms with Crippen molar-refractivity contribution in [1.82, 2.24) is 0 Å². The maximum atomic E-state index is 11.9. The van der Waals surface area contributed by atoms with Gasteiger partial charge in [0.25, 0.3) is 0 Å². The van der Waals surface area contributed by atoms with Crippen molar-refractivity contribution in [3.63, 3.8) is 0 Å². The van der Waals surface area contributed by atoms with E-state index < -0.39 is 0 Å². The predicted octanol–water partition coefficient (Wildman–Crippen LogP) is 5.27. The lowest BCUT2D eigenvalue weighted by Crippen LogP contribution is -2.21. The fourth-order valence-corrected chi connectivity index (χ4v) is 2.31. The predicted molar refractivity (Wildman–Crippen MR) is 89.6 cm³/mol. The highest BCUT2D eigenvalue weighted by Crippen LogP contribution is 2.40. The zero-order chi connectivity index (χ0) is 16.4. The lowest BCUT2D eigenvalue weighted by atomic mass is 9.78. The smallest absolute Gasteiger partial charge is 0.159 e. The molecule has 0 aliphatic carbocycles. The Labute approximate surface area is 129 Å². The minimum absolute atomic E-state index is 0.0610. The van der Waals surface area contributed by atoms with Crippen LogP contribution in [0.1, 0.15) is 83.3 Å². The minimum atomic E-state index is -0.0610. The fourth-order valence-electron chi connectivity index (χ4n) is 2.31. The lowest BCUT2D eigenvalue weighted by Gasteiger charge is -2.30. The van der Waals surface area contributed by atoms with Gasteiger partial charge in [0.2, 0.25) is 0 Å². The summed E-state index contributed by atoms with van der Waals surface area (Å²) in [7, 11) is 0. The third-order valence-electron chi connectivity index (χ3n) is 3.56. The molecular weight excluding hydrogens is 260 g/mol. The van der Waals surface area contributed by atoms with Crippen LogP contribution in [0.5, 0.6) is 5.75 Å². The minimum Gasteiger partial charge on any atom is -0.493 e. The first kappa shape index (κ1) is 17.7. The summed E-state index contributed by atoms with van der Waals surface area (Å²) < 4.78 is 6.09. The van der Waals surface area contributed by atoms with E-state index in [2.05, 4.69) is 48.5 Å². The summed E-state index contributed by atoms with van der Waals surface area (Å²) in [5.41, 5.74) is 2.89. The number of carbonyl (C=O) groups excluding carboxylic acids is 1. The molecule has 0 aromatic heterocycles. The van der Waals surface area contributed by atoms with E-state index in [1.807, 2.05) is 12.1 Å². The van der Waals surface area contributed by atoms with Gasteiger partial charge >= 0.3 is 0 Å². The molecule has 0 aliphatic heterocycles. The molecule has 0 N–H and O–H groups in total. The first-order chi connectivity index (χ1) is 9.48. The Bertz CT molecular complexity index is 478. The van der Waals surface area contributed by atoms with Gasteiger partial charge in [0.1, 0.15) is 5.75 Å². The maximum Gasteiger partial charge on any atom is 0.159 e. The Morgan fingerprint density at radius 2 is 1.43 bits per heavy atom. The van der Waals surface area contributed by atoms with Gasteiger partial charge in [0.05, 0.1) is 6.61 Å². The van der Waals surface area contributed by atoms with E-state index in [0.717, 1.165) is 28.9 Å². The van der Waals surface area contributed by atoms with Crippen LogP contribution in [0.15, 0.2) is 12.1 Å². The van der Waals surface area contributed by atoms with Gasteiger partial charge in [-0.05, 0) is 36.3 Å². The number of benzene rings is 1. The van der Waals surface area contributed by atoms with Crippen LogP contribution in [0.3, 0.4) is 0 Å². The molecule has 2 nitrogen and oxygen atoms in total. The molecule has 0 heterocycles. The molecule has 0 amide bonds. The quantitative estimate of drug-likeness (QED) is 0.706. The summed E-state index contributed by atoms with van der Waals surface area (Å²) in [6, 6.07) is 4.01. The number of ketones is 1. The van der Waals surface area contributed by atoms with Crippen LogP contribution in [-0.2, 0) is 10.8 Å². The van der Waals surface area contributed by atoms with Gasteiger partial charge in [0, 0.05) is 16.7 Å². The van der Waals surface area contributed by atoms with Crippen LogP contribution in [0.4, 0.5) is 0 Å². The Morgan fingerprint density at radius 1 is 1.00 bits per heavy atom. The highest BCUT2D eigenvalue weighted by molar-refractivity contribution is 5.95. The number of hydrogen-bond donors (Lipinski definition) is 0. The standard InChI is InChI=1S/C19H30O2/c1-9-10-21-17-15(18(3,4)5)11-14(13(2)20)12-16(17)19(6,7)8/h11-12H,9-10H2,1-8H3. The normalized spacial score (nSPS) is 12.4. The fraction of sp³-hybridized carbons (Fsp3) is 0.632. The maximum absolute atomic E-state index is 11.9. The molecule has 0 bridgehead atoms. The van der Waals surface area contributed by atoms with Crippen molar-refractivity contribution in [1.29, 1.82) is 0 Å². The summed E-state index contributed by atoms with van der Waals surface area (Å²) in [5.74, 6) is 1.06. The second-order valence-electron chi connectivity index (χ2n) is 7.81. The third kappa shape index (κ3) is 4.33.